The zero-order chi connectivity index (χ0) is 12.2. The molecule has 1 aliphatic heterocycles. The van der Waals surface area contributed by atoms with Gasteiger partial charge in [0, 0.05) is 24.8 Å². The molecule has 3 heteroatoms. The van der Waals surface area contributed by atoms with Gasteiger partial charge in [-0.05, 0) is 35.8 Å². The van der Waals surface area contributed by atoms with Gasteiger partial charge in [-0.3, -0.25) is 0 Å². The molecule has 1 aromatic rings. The van der Waals surface area contributed by atoms with Crippen LogP contribution in [0.2, 0.25) is 0 Å². The standard InChI is InChI=1S/C14H17F2N/c1-8(2)14-10-6-17(7-11(10)14)9-3-4-12(15)13(16)5-9/h3-5,8,10-11,14H,6-7H2,1-2H3. The SMILES string of the molecule is CC(C)C1C2CN(c3ccc(F)c(F)c3)CC21. The van der Waals surface area contributed by atoms with E-state index in [0.717, 1.165) is 42.4 Å². The first-order chi connectivity index (χ1) is 8.08. The van der Waals surface area contributed by atoms with E-state index in [1.807, 2.05) is 0 Å². The van der Waals surface area contributed by atoms with Gasteiger partial charge in [0.2, 0.25) is 0 Å². The first kappa shape index (κ1) is 11.0. The van der Waals surface area contributed by atoms with Crippen LogP contribution in [0.4, 0.5) is 14.5 Å². The summed E-state index contributed by atoms with van der Waals surface area (Å²) in [6.45, 7) is 6.53. The summed E-state index contributed by atoms with van der Waals surface area (Å²) >= 11 is 0. The molecule has 0 radical (unpaired) electrons. The van der Waals surface area contributed by atoms with Crippen LogP contribution in [0.5, 0.6) is 0 Å². The highest BCUT2D eigenvalue weighted by atomic mass is 19.2. The maximum absolute atomic E-state index is 13.1. The Labute approximate surface area is 100 Å². The zero-order valence-electron chi connectivity index (χ0n) is 10.2. The van der Waals surface area contributed by atoms with Crippen LogP contribution in [0, 0.1) is 35.3 Å². The lowest BCUT2D eigenvalue weighted by Crippen LogP contribution is -2.25. The van der Waals surface area contributed by atoms with Crippen molar-refractivity contribution in [2.45, 2.75) is 13.8 Å². The number of halogens is 2. The summed E-state index contributed by atoms with van der Waals surface area (Å²) in [4.78, 5) is 2.18. The lowest BCUT2D eigenvalue weighted by molar-refractivity contribution is 0.478. The second kappa shape index (κ2) is 3.69. The van der Waals surface area contributed by atoms with Crippen molar-refractivity contribution in [1.29, 1.82) is 0 Å². The van der Waals surface area contributed by atoms with Crippen molar-refractivity contribution in [3.05, 3.63) is 29.8 Å². The molecule has 0 spiro atoms. The molecule has 2 unspecified atom stereocenters. The monoisotopic (exact) mass is 237 g/mol. The minimum absolute atomic E-state index is 0.747. The second-order valence-electron chi connectivity index (χ2n) is 5.65. The van der Waals surface area contributed by atoms with Gasteiger partial charge >= 0.3 is 0 Å². The van der Waals surface area contributed by atoms with E-state index in [9.17, 15) is 8.78 Å². The highest BCUT2D eigenvalue weighted by molar-refractivity contribution is 5.49. The van der Waals surface area contributed by atoms with Gasteiger partial charge in [0.05, 0.1) is 0 Å². The molecule has 0 bridgehead atoms. The fourth-order valence-corrected chi connectivity index (χ4v) is 3.45. The molecule has 1 heterocycles. The maximum Gasteiger partial charge on any atom is 0.160 e. The number of fused-ring (bicyclic) bond motifs is 1. The molecule has 2 aliphatic rings. The van der Waals surface area contributed by atoms with Crippen LogP contribution < -0.4 is 4.90 Å². The number of hydrogen-bond donors (Lipinski definition) is 0. The number of rotatable bonds is 2. The fraction of sp³-hybridized carbons (Fsp3) is 0.571. The summed E-state index contributed by atoms with van der Waals surface area (Å²) in [6, 6.07) is 4.20. The first-order valence-corrected chi connectivity index (χ1v) is 6.28. The van der Waals surface area contributed by atoms with Crippen LogP contribution >= 0.6 is 0 Å². The molecule has 0 N–H and O–H groups in total. The fourth-order valence-electron chi connectivity index (χ4n) is 3.45. The Morgan fingerprint density at radius 1 is 1.12 bits per heavy atom. The highest BCUT2D eigenvalue weighted by Crippen LogP contribution is 2.56. The van der Waals surface area contributed by atoms with Gasteiger partial charge in [0.15, 0.2) is 11.6 Å². The van der Waals surface area contributed by atoms with E-state index in [2.05, 4.69) is 18.7 Å². The van der Waals surface area contributed by atoms with Crippen molar-refractivity contribution >= 4 is 5.69 Å². The van der Waals surface area contributed by atoms with Gasteiger partial charge in [-0.15, -0.1) is 0 Å². The average molecular weight is 237 g/mol. The van der Waals surface area contributed by atoms with Crippen molar-refractivity contribution in [2.24, 2.45) is 23.7 Å². The van der Waals surface area contributed by atoms with E-state index in [4.69, 9.17) is 0 Å². The van der Waals surface area contributed by atoms with E-state index in [-0.39, 0.29) is 0 Å². The predicted octanol–water partition coefficient (Wildman–Crippen LogP) is 3.30. The molecule has 1 aromatic carbocycles. The van der Waals surface area contributed by atoms with Gasteiger partial charge in [0.25, 0.3) is 0 Å². The quantitative estimate of drug-likeness (QED) is 0.762. The molecule has 1 saturated carbocycles. The molecule has 92 valence electrons. The third-order valence-electron chi connectivity index (χ3n) is 4.30. The van der Waals surface area contributed by atoms with Crippen LogP contribution in [0.3, 0.4) is 0 Å². The van der Waals surface area contributed by atoms with Gasteiger partial charge in [0.1, 0.15) is 0 Å². The number of piperidine rings is 1. The van der Waals surface area contributed by atoms with Gasteiger partial charge in [-0.2, -0.15) is 0 Å². The number of anilines is 1. The number of nitrogens with zero attached hydrogens (tertiary/aromatic N) is 1. The van der Waals surface area contributed by atoms with Crippen LogP contribution in [-0.4, -0.2) is 13.1 Å². The van der Waals surface area contributed by atoms with E-state index in [1.54, 1.807) is 6.07 Å². The lowest BCUT2D eigenvalue weighted by atomic mass is 10.0. The lowest BCUT2D eigenvalue weighted by Gasteiger charge is -2.23. The zero-order valence-corrected chi connectivity index (χ0v) is 10.2. The van der Waals surface area contributed by atoms with Crippen molar-refractivity contribution < 1.29 is 8.78 Å². The molecule has 0 amide bonds. The van der Waals surface area contributed by atoms with Gasteiger partial charge in [-0.1, -0.05) is 13.8 Å². The molecule has 17 heavy (non-hydrogen) atoms. The number of benzene rings is 1. The van der Waals surface area contributed by atoms with Crippen molar-refractivity contribution in [3.63, 3.8) is 0 Å². The Morgan fingerprint density at radius 3 is 2.29 bits per heavy atom. The maximum atomic E-state index is 13.1. The molecule has 0 aromatic heterocycles. The molecular weight excluding hydrogens is 220 g/mol. The summed E-state index contributed by atoms with van der Waals surface area (Å²) in [6.07, 6.45) is 0. The number of hydrogen-bond acceptors (Lipinski definition) is 1. The van der Waals surface area contributed by atoms with Crippen molar-refractivity contribution in [3.8, 4) is 0 Å². The molecule has 1 saturated heterocycles. The summed E-state index contributed by atoms with van der Waals surface area (Å²) in [5, 5.41) is 0. The topological polar surface area (TPSA) is 3.24 Å². The normalized spacial score (nSPS) is 30.9. The Balaban J connectivity index is 1.71. The third-order valence-corrected chi connectivity index (χ3v) is 4.30. The average Bonchev–Trinajstić information content (AvgIpc) is 2.79. The van der Waals surface area contributed by atoms with Crippen molar-refractivity contribution in [1.82, 2.24) is 0 Å². The summed E-state index contributed by atoms with van der Waals surface area (Å²) in [5.41, 5.74) is 0.818. The smallest absolute Gasteiger partial charge is 0.160 e. The van der Waals surface area contributed by atoms with E-state index < -0.39 is 11.6 Å². The molecular formula is C14H17F2N. The van der Waals surface area contributed by atoms with Crippen molar-refractivity contribution in [2.75, 3.05) is 18.0 Å². The van der Waals surface area contributed by atoms with E-state index >= 15 is 0 Å². The molecule has 2 fully saturated rings. The molecule has 1 aliphatic carbocycles. The first-order valence-electron chi connectivity index (χ1n) is 6.28. The largest absolute Gasteiger partial charge is 0.371 e. The third kappa shape index (κ3) is 1.72. The summed E-state index contributed by atoms with van der Waals surface area (Å²) in [5.74, 6) is 1.61. The Morgan fingerprint density at radius 2 is 1.76 bits per heavy atom. The Bertz CT molecular complexity index is 432. The van der Waals surface area contributed by atoms with Crippen LogP contribution in [0.1, 0.15) is 13.8 Å². The Kier molecular flexibility index (Phi) is 2.39. The second-order valence-corrected chi connectivity index (χ2v) is 5.65. The minimum atomic E-state index is -0.766. The van der Waals surface area contributed by atoms with E-state index in [0.29, 0.717) is 0 Å². The summed E-state index contributed by atoms with van der Waals surface area (Å²) in [7, 11) is 0. The molecule has 3 rings (SSSR count). The van der Waals surface area contributed by atoms with Crippen LogP contribution in [0.15, 0.2) is 18.2 Å². The molecule has 1 nitrogen and oxygen atoms in total. The van der Waals surface area contributed by atoms with Gasteiger partial charge < -0.3 is 4.90 Å². The van der Waals surface area contributed by atoms with Crippen LogP contribution in [0.25, 0.3) is 0 Å². The van der Waals surface area contributed by atoms with E-state index in [1.165, 1.54) is 12.1 Å². The minimum Gasteiger partial charge on any atom is -0.371 e. The highest BCUT2D eigenvalue weighted by Gasteiger charge is 2.56. The Hall–Kier alpha value is -1.12. The molecule has 2 atom stereocenters. The predicted molar refractivity (Wildman–Crippen MR) is 63.9 cm³/mol. The van der Waals surface area contributed by atoms with Gasteiger partial charge in [-0.25, -0.2) is 8.78 Å². The van der Waals surface area contributed by atoms with Crippen LogP contribution in [-0.2, 0) is 0 Å². The summed E-state index contributed by atoms with van der Waals surface area (Å²) < 4.78 is 26.0.